The quantitative estimate of drug-likeness (QED) is 0.564. The summed E-state index contributed by atoms with van der Waals surface area (Å²) in [5, 5.41) is 9.50. The highest BCUT2D eigenvalue weighted by molar-refractivity contribution is 4.55. The number of hydrogen-bond donors (Lipinski definition) is 1. The Hall–Kier alpha value is -0.0800. The van der Waals surface area contributed by atoms with Crippen LogP contribution in [0.25, 0.3) is 0 Å². The van der Waals surface area contributed by atoms with Crippen molar-refractivity contribution in [1.82, 2.24) is 0 Å². The van der Waals surface area contributed by atoms with E-state index in [1.807, 2.05) is 6.92 Å². The zero-order valence-corrected chi connectivity index (χ0v) is 9.09. The highest BCUT2D eigenvalue weighted by Crippen LogP contribution is 2.07. The van der Waals surface area contributed by atoms with Crippen molar-refractivity contribution in [2.75, 3.05) is 13.2 Å². The Morgan fingerprint density at radius 1 is 1.08 bits per heavy atom. The standard InChI is InChI=1S/C11H24O2/c1-3-5-6-7-8-11(12)9-10-13-4-2/h11-12H,3-10H2,1-2H3. The smallest absolute Gasteiger partial charge is 0.0562 e. The van der Waals surface area contributed by atoms with Crippen LogP contribution in [-0.4, -0.2) is 24.4 Å². The fraction of sp³-hybridized carbons (Fsp3) is 1.00. The van der Waals surface area contributed by atoms with Crippen molar-refractivity contribution in [2.24, 2.45) is 0 Å². The minimum atomic E-state index is -0.150. The molecule has 80 valence electrons. The van der Waals surface area contributed by atoms with Crippen LogP contribution < -0.4 is 0 Å². The van der Waals surface area contributed by atoms with Gasteiger partial charge in [-0.15, -0.1) is 0 Å². The molecule has 0 heterocycles. The number of aliphatic hydroxyl groups excluding tert-OH is 1. The van der Waals surface area contributed by atoms with E-state index in [4.69, 9.17) is 4.74 Å². The van der Waals surface area contributed by atoms with Crippen LogP contribution in [0.2, 0.25) is 0 Å². The van der Waals surface area contributed by atoms with Gasteiger partial charge in [0.25, 0.3) is 0 Å². The number of hydrogen-bond acceptors (Lipinski definition) is 2. The molecule has 0 amide bonds. The minimum absolute atomic E-state index is 0.150. The van der Waals surface area contributed by atoms with Crippen molar-refractivity contribution < 1.29 is 9.84 Å². The van der Waals surface area contributed by atoms with Crippen molar-refractivity contribution in [3.05, 3.63) is 0 Å². The van der Waals surface area contributed by atoms with Gasteiger partial charge in [0, 0.05) is 13.2 Å². The summed E-state index contributed by atoms with van der Waals surface area (Å²) in [6, 6.07) is 0. The molecule has 0 aliphatic heterocycles. The minimum Gasteiger partial charge on any atom is -0.393 e. The molecule has 0 aromatic rings. The molecular weight excluding hydrogens is 164 g/mol. The average Bonchev–Trinajstić information content (AvgIpc) is 2.13. The maximum atomic E-state index is 9.50. The molecule has 0 aliphatic rings. The molecule has 1 unspecified atom stereocenters. The van der Waals surface area contributed by atoms with E-state index in [0.717, 1.165) is 25.9 Å². The zero-order chi connectivity index (χ0) is 9.94. The summed E-state index contributed by atoms with van der Waals surface area (Å²) >= 11 is 0. The Kier molecular flexibility index (Phi) is 9.94. The first-order valence-electron chi connectivity index (χ1n) is 5.57. The van der Waals surface area contributed by atoms with Crippen molar-refractivity contribution in [2.45, 2.75) is 58.5 Å². The molecule has 0 saturated carbocycles. The van der Waals surface area contributed by atoms with Crippen LogP contribution in [-0.2, 0) is 4.74 Å². The molecule has 0 aliphatic carbocycles. The monoisotopic (exact) mass is 188 g/mol. The first-order chi connectivity index (χ1) is 6.31. The molecule has 0 saturated heterocycles. The van der Waals surface area contributed by atoms with Crippen LogP contribution >= 0.6 is 0 Å². The van der Waals surface area contributed by atoms with Crippen LogP contribution in [0.4, 0.5) is 0 Å². The molecule has 0 aromatic heterocycles. The molecule has 0 spiro atoms. The third-order valence-corrected chi connectivity index (χ3v) is 2.19. The second kappa shape index (κ2) is 10.0. The lowest BCUT2D eigenvalue weighted by atomic mass is 10.1. The first kappa shape index (κ1) is 12.9. The summed E-state index contributed by atoms with van der Waals surface area (Å²) < 4.78 is 5.17. The molecule has 0 fully saturated rings. The molecular formula is C11H24O2. The second-order valence-electron chi connectivity index (χ2n) is 3.49. The van der Waals surface area contributed by atoms with Gasteiger partial charge < -0.3 is 9.84 Å². The average molecular weight is 188 g/mol. The Morgan fingerprint density at radius 2 is 1.85 bits per heavy atom. The van der Waals surface area contributed by atoms with Gasteiger partial charge >= 0.3 is 0 Å². The first-order valence-corrected chi connectivity index (χ1v) is 5.57. The second-order valence-corrected chi connectivity index (χ2v) is 3.49. The van der Waals surface area contributed by atoms with E-state index in [-0.39, 0.29) is 6.10 Å². The lowest BCUT2D eigenvalue weighted by Gasteiger charge is -2.09. The van der Waals surface area contributed by atoms with Crippen LogP contribution in [0, 0.1) is 0 Å². The molecule has 13 heavy (non-hydrogen) atoms. The van der Waals surface area contributed by atoms with E-state index in [0.29, 0.717) is 6.61 Å². The predicted octanol–water partition coefficient (Wildman–Crippen LogP) is 2.74. The molecule has 1 atom stereocenters. The van der Waals surface area contributed by atoms with Gasteiger partial charge in [0.2, 0.25) is 0 Å². The molecule has 0 radical (unpaired) electrons. The molecule has 1 N–H and O–H groups in total. The summed E-state index contributed by atoms with van der Waals surface area (Å²) in [6.45, 7) is 5.63. The number of aliphatic hydroxyl groups is 1. The van der Waals surface area contributed by atoms with Crippen molar-refractivity contribution in [1.29, 1.82) is 0 Å². The van der Waals surface area contributed by atoms with Gasteiger partial charge in [-0.25, -0.2) is 0 Å². The van der Waals surface area contributed by atoms with Gasteiger partial charge in [-0.3, -0.25) is 0 Å². The lowest BCUT2D eigenvalue weighted by Crippen LogP contribution is -2.10. The fourth-order valence-corrected chi connectivity index (χ4v) is 1.31. The van der Waals surface area contributed by atoms with Crippen LogP contribution in [0.5, 0.6) is 0 Å². The van der Waals surface area contributed by atoms with E-state index in [1.54, 1.807) is 0 Å². The summed E-state index contributed by atoms with van der Waals surface area (Å²) in [4.78, 5) is 0. The normalized spacial score (nSPS) is 13.2. The Morgan fingerprint density at radius 3 is 2.46 bits per heavy atom. The summed E-state index contributed by atoms with van der Waals surface area (Å²) in [6.07, 6.45) is 6.53. The topological polar surface area (TPSA) is 29.5 Å². The highest BCUT2D eigenvalue weighted by atomic mass is 16.5. The van der Waals surface area contributed by atoms with Crippen LogP contribution in [0.1, 0.15) is 52.4 Å². The predicted molar refractivity (Wildman–Crippen MR) is 55.9 cm³/mol. The summed E-state index contributed by atoms with van der Waals surface area (Å²) in [5.74, 6) is 0. The summed E-state index contributed by atoms with van der Waals surface area (Å²) in [5.41, 5.74) is 0. The fourth-order valence-electron chi connectivity index (χ4n) is 1.31. The Labute approximate surface area is 82.3 Å². The Balaban J connectivity index is 3.05. The van der Waals surface area contributed by atoms with Gasteiger partial charge in [0.05, 0.1) is 6.10 Å². The molecule has 2 nitrogen and oxygen atoms in total. The largest absolute Gasteiger partial charge is 0.393 e. The van der Waals surface area contributed by atoms with E-state index < -0.39 is 0 Å². The van der Waals surface area contributed by atoms with Gasteiger partial charge in [-0.1, -0.05) is 32.6 Å². The molecule has 2 heteroatoms. The maximum Gasteiger partial charge on any atom is 0.0562 e. The van der Waals surface area contributed by atoms with Gasteiger partial charge in [-0.05, 0) is 19.8 Å². The van der Waals surface area contributed by atoms with E-state index in [1.165, 1.54) is 19.3 Å². The Bertz CT molecular complexity index is 94.1. The third kappa shape index (κ3) is 9.84. The van der Waals surface area contributed by atoms with Crippen molar-refractivity contribution >= 4 is 0 Å². The molecule has 0 aromatic carbocycles. The maximum absolute atomic E-state index is 9.50. The lowest BCUT2D eigenvalue weighted by molar-refractivity contribution is 0.0829. The van der Waals surface area contributed by atoms with Crippen LogP contribution in [0.3, 0.4) is 0 Å². The van der Waals surface area contributed by atoms with Crippen molar-refractivity contribution in [3.63, 3.8) is 0 Å². The van der Waals surface area contributed by atoms with E-state index >= 15 is 0 Å². The van der Waals surface area contributed by atoms with E-state index in [2.05, 4.69) is 6.92 Å². The van der Waals surface area contributed by atoms with Crippen molar-refractivity contribution in [3.8, 4) is 0 Å². The van der Waals surface area contributed by atoms with E-state index in [9.17, 15) is 5.11 Å². The number of unbranched alkanes of at least 4 members (excludes halogenated alkanes) is 3. The van der Waals surface area contributed by atoms with Gasteiger partial charge in [0.15, 0.2) is 0 Å². The number of rotatable bonds is 9. The summed E-state index contributed by atoms with van der Waals surface area (Å²) in [7, 11) is 0. The molecule has 0 bridgehead atoms. The third-order valence-electron chi connectivity index (χ3n) is 2.19. The van der Waals surface area contributed by atoms with Gasteiger partial charge in [-0.2, -0.15) is 0 Å². The SMILES string of the molecule is CCCCCCC(O)CCOCC. The van der Waals surface area contributed by atoms with Crippen LogP contribution in [0.15, 0.2) is 0 Å². The molecule has 0 rings (SSSR count). The number of ether oxygens (including phenoxy) is 1. The van der Waals surface area contributed by atoms with Gasteiger partial charge in [0.1, 0.15) is 0 Å². The highest BCUT2D eigenvalue weighted by Gasteiger charge is 2.02. The zero-order valence-electron chi connectivity index (χ0n) is 9.09.